The van der Waals surface area contributed by atoms with E-state index in [1.54, 1.807) is 0 Å². The van der Waals surface area contributed by atoms with Gasteiger partial charge in [0, 0.05) is 38.3 Å². The van der Waals surface area contributed by atoms with Crippen LogP contribution in [0.2, 0.25) is 0 Å². The zero-order valence-electron chi connectivity index (χ0n) is 16.1. The first kappa shape index (κ1) is 19.1. The lowest BCUT2D eigenvalue weighted by atomic mass is 10.0. The van der Waals surface area contributed by atoms with Gasteiger partial charge in [-0.2, -0.15) is 9.97 Å². The standard InChI is InChI=1S/C19H32N6S/c1-3-10-20-19(26)23-18-21-16(24-11-6-4-7-12-24)14-17(22-18)25-13-8-5-9-15(25)2/h14-15H,3-13H2,1-2H3,(H2,20,21,22,23,26)/t15-/m1/s1. The monoisotopic (exact) mass is 376 g/mol. The summed E-state index contributed by atoms with van der Waals surface area (Å²) in [6.07, 6.45) is 8.57. The molecule has 6 nitrogen and oxygen atoms in total. The minimum Gasteiger partial charge on any atom is -0.362 e. The summed E-state index contributed by atoms with van der Waals surface area (Å²) in [7, 11) is 0. The summed E-state index contributed by atoms with van der Waals surface area (Å²) in [5.41, 5.74) is 0. The second-order valence-electron chi connectivity index (χ2n) is 7.37. The molecule has 2 fully saturated rings. The minimum atomic E-state index is 0.519. The molecule has 1 aromatic heterocycles. The molecule has 0 radical (unpaired) electrons. The van der Waals surface area contributed by atoms with Crippen LogP contribution in [-0.4, -0.2) is 47.3 Å². The van der Waals surface area contributed by atoms with E-state index in [0.29, 0.717) is 17.1 Å². The first-order valence-electron chi connectivity index (χ1n) is 10.1. The van der Waals surface area contributed by atoms with Crippen molar-refractivity contribution in [2.24, 2.45) is 0 Å². The van der Waals surface area contributed by atoms with Crippen molar-refractivity contribution >= 4 is 34.9 Å². The van der Waals surface area contributed by atoms with Gasteiger partial charge in [-0.3, -0.25) is 0 Å². The molecule has 1 aromatic rings. The van der Waals surface area contributed by atoms with Crippen molar-refractivity contribution in [3.8, 4) is 0 Å². The highest BCUT2D eigenvalue weighted by Gasteiger charge is 2.23. The summed E-state index contributed by atoms with van der Waals surface area (Å²) in [6, 6.07) is 2.69. The molecule has 1 atom stereocenters. The van der Waals surface area contributed by atoms with Gasteiger partial charge in [-0.1, -0.05) is 6.92 Å². The van der Waals surface area contributed by atoms with Gasteiger partial charge in [-0.15, -0.1) is 0 Å². The van der Waals surface area contributed by atoms with Crippen LogP contribution in [0.3, 0.4) is 0 Å². The second-order valence-corrected chi connectivity index (χ2v) is 7.78. The maximum atomic E-state index is 5.39. The van der Waals surface area contributed by atoms with Crippen LogP contribution in [0.5, 0.6) is 0 Å². The molecule has 144 valence electrons. The fourth-order valence-electron chi connectivity index (χ4n) is 3.73. The number of nitrogens with one attached hydrogen (secondary N) is 2. The third-order valence-electron chi connectivity index (χ3n) is 5.24. The Balaban J connectivity index is 1.84. The number of aromatic nitrogens is 2. The molecule has 3 rings (SSSR count). The average molecular weight is 377 g/mol. The van der Waals surface area contributed by atoms with E-state index >= 15 is 0 Å². The summed E-state index contributed by atoms with van der Waals surface area (Å²) in [5.74, 6) is 2.65. The predicted octanol–water partition coefficient (Wildman–Crippen LogP) is 3.54. The van der Waals surface area contributed by atoms with Gasteiger partial charge in [0.1, 0.15) is 11.6 Å². The molecule has 0 aliphatic carbocycles. The number of hydrogen-bond acceptors (Lipinski definition) is 5. The Morgan fingerprint density at radius 1 is 1.12 bits per heavy atom. The summed E-state index contributed by atoms with van der Waals surface area (Å²) >= 11 is 5.39. The molecule has 2 saturated heterocycles. The lowest BCUT2D eigenvalue weighted by molar-refractivity contribution is 0.481. The summed E-state index contributed by atoms with van der Waals surface area (Å²) in [5, 5.41) is 6.99. The summed E-state index contributed by atoms with van der Waals surface area (Å²) in [6.45, 7) is 8.48. The first-order valence-corrected chi connectivity index (χ1v) is 10.5. The number of hydrogen-bond donors (Lipinski definition) is 2. The number of thiocarbonyl (C=S) groups is 1. The van der Waals surface area contributed by atoms with Crippen molar-refractivity contribution in [1.82, 2.24) is 15.3 Å². The molecule has 2 aliphatic heterocycles. The highest BCUT2D eigenvalue weighted by atomic mass is 32.1. The fraction of sp³-hybridized carbons (Fsp3) is 0.737. The maximum Gasteiger partial charge on any atom is 0.232 e. The lowest BCUT2D eigenvalue weighted by Crippen LogP contribution is -2.39. The number of rotatable bonds is 5. The molecule has 3 heterocycles. The second kappa shape index (κ2) is 9.35. The third kappa shape index (κ3) is 4.96. The van der Waals surface area contributed by atoms with E-state index < -0.39 is 0 Å². The van der Waals surface area contributed by atoms with Crippen LogP contribution in [0.15, 0.2) is 6.07 Å². The normalized spacial score (nSPS) is 20.8. The van der Waals surface area contributed by atoms with Gasteiger partial charge in [-0.25, -0.2) is 0 Å². The zero-order valence-corrected chi connectivity index (χ0v) is 16.9. The molecule has 0 aromatic carbocycles. The molecular weight excluding hydrogens is 344 g/mol. The molecule has 26 heavy (non-hydrogen) atoms. The van der Waals surface area contributed by atoms with E-state index in [4.69, 9.17) is 22.2 Å². The Kier molecular flexibility index (Phi) is 6.88. The van der Waals surface area contributed by atoms with Gasteiger partial charge in [0.25, 0.3) is 0 Å². The summed E-state index contributed by atoms with van der Waals surface area (Å²) < 4.78 is 0. The molecule has 2 aliphatic rings. The Morgan fingerprint density at radius 2 is 1.85 bits per heavy atom. The van der Waals surface area contributed by atoms with Crippen molar-refractivity contribution in [3.63, 3.8) is 0 Å². The van der Waals surface area contributed by atoms with Gasteiger partial charge in [0.15, 0.2) is 5.11 Å². The van der Waals surface area contributed by atoms with Gasteiger partial charge < -0.3 is 20.4 Å². The predicted molar refractivity (Wildman–Crippen MR) is 113 cm³/mol. The Labute approximate surface area is 162 Å². The van der Waals surface area contributed by atoms with Crippen molar-refractivity contribution in [3.05, 3.63) is 6.07 Å². The molecule has 0 amide bonds. The molecule has 0 unspecified atom stereocenters. The number of piperidine rings is 2. The highest BCUT2D eigenvalue weighted by Crippen LogP contribution is 2.28. The molecule has 0 bridgehead atoms. The van der Waals surface area contributed by atoms with Crippen molar-refractivity contribution in [2.75, 3.05) is 41.3 Å². The number of anilines is 3. The van der Waals surface area contributed by atoms with E-state index in [-0.39, 0.29) is 0 Å². The average Bonchev–Trinajstić information content (AvgIpc) is 2.67. The van der Waals surface area contributed by atoms with Crippen molar-refractivity contribution in [2.45, 2.75) is 64.8 Å². The largest absolute Gasteiger partial charge is 0.362 e. The van der Waals surface area contributed by atoms with E-state index in [2.05, 4.69) is 40.3 Å². The van der Waals surface area contributed by atoms with E-state index in [1.165, 1.54) is 38.5 Å². The Morgan fingerprint density at radius 3 is 2.58 bits per heavy atom. The maximum absolute atomic E-state index is 5.39. The number of nitrogens with zero attached hydrogens (tertiary/aromatic N) is 4. The van der Waals surface area contributed by atoms with Crippen LogP contribution in [0.4, 0.5) is 17.6 Å². The Hall–Kier alpha value is -1.63. The fourth-order valence-corrected chi connectivity index (χ4v) is 3.93. The van der Waals surface area contributed by atoms with Crippen molar-refractivity contribution < 1.29 is 0 Å². The van der Waals surface area contributed by atoms with E-state index in [9.17, 15) is 0 Å². The molecule has 2 N–H and O–H groups in total. The molecular formula is C19H32N6S. The van der Waals surface area contributed by atoms with Crippen LogP contribution in [0.1, 0.15) is 58.8 Å². The molecule has 7 heteroatoms. The highest BCUT2D eigenvalue weighted by molar-refractivity contribution is 7.80. The van der Waals surface area contributed by atoms with Gasteiger partial charge >= 0.3 is 0 Å². The quantitative estimate of drug-likeness (QED) is 0.762. The van der Waals surface area contributed by atoms with Crippen LogP contribution >= 0.6 is 12.2 Å². The van der Waals surface area contributed by atoms with Crippen molar-refractivity contribution in [1.29, 1.82) is 0 Å². The van der Waals surface area contributed by atoms with Gasteiger partial charge in [0.2, 0.25) is 5.95 Å². The van der Waals surface area contributed by atoms with Gasteiger partial charge in [0.05, 0.1) is 0 Å². The van der Waals surface area contributed by atoms with E-state index in [1.807, 2.05) is 0 Å². The topological polar surface area (TPSA) is 56.3 Å². The van der Waals surface area contributed by atoms with Crippen LogP contribution in [0.25, 0.3) is 0 Å². The summed E-state index contributed by atoms with van der Waals surface area (Å²) in [4.78, 5) is 14.4. The van der Waals surface area contributed by atoms with Crippen LogP contribution in [-0.2, 0) is 0 Å². The van der Waals surface area contributed by atoms with E-state index in [0.717, 1.165) is 44.2 Å². The Bertz CT molecular complexity index is 602. The van der Waals surface area contributed by atoms with Gasteiger partial charge in [-0.05, 0) is 64.1 Å². The van der Waals surface area contributed by atoms with Crippen LogP contribution in [0, 0.1) is 0 Å². The first-order chi connectivity index (χ1) is 12.7. The lowest BCUT2D eigenvalue weighted by Gasteiger charge is -2.35. The van der Waals surface area contributed by atoms with Crippen LogP contribution < -0.4 is 20.4 Å². The smallest absolute Gasteiger partial charge is 0.232 e. The zero-order chi connectivity index (χ0) is 18.4. The molecule has 0 saturated carbocycles. The molecule has 0 spiro atoms. The third-order valence-corrected chi connectivity index (χ3v) is 5.48. The SMILES string of the molecule is CCCNC(=S)Nc1nc(N2CCCCC2)cc(N2CCCC[C@H]2C)n1. The minimum absolute atomic E-state index is 0.519.